The normalized spacial score (nSPS) is 21.9. The third kappa shape index (κ3) is 5.39. The lowest BCUT2D eigenvalue weighted by Gasteiger charge is -2.40. The molecule has 10 heteroatoms. The molecule has 0 atom stereocenters. The first kappa shape index (κ1) is 22.5. The van der Waals surface area contributed by atoms with Crippen molar-refractivity contribution in [2.24, 2.45) is 0 Å². The van der Waals surface area contributed by atoms with E-state index in [0.717, 1.165) is 19.4 Å². The highest BCUT2D eigenvalue weighted by molar-refractivity contribution is 7.91. The molecule has 0 aliphatic carbocycles. The van der Waals surface area contributed by atoms with Gasteiger partial charge >= 0.3 is 0 Å². The highest BCUT2D eigenvalue weighted by atomic mass is 32.2. The van der Waals surface area contributed by atoms with Gasteiger partial charge in [0.2, 0.25) is 10.0 Å². The minimum Gasteiger partial charge on any atom is -0.381 e. The zero-order valence-corrected chi connectivity index (χ0v) is 16.8. The van der Waals surface area contributed by atoms with Crippen molar-refractivity contribution in [2.75, 3.05) is 46.1 Å². The van der Waals surface area contributed by atoms with Crippen LogP contribution in [0.4, 0.5) is 0 Å². The topological polar surface area (TPSA) is 114 Å². The first-order valence-electron chi connectivity index (χ1n) is 9.69. The number of carbonyl (C=O) groups is 1. The van der Waals surface area contributed by atoms with Crippen molar-refractivity contribution in [3.05, 3.63) is 0 Å². The minimum absolute atomic E-state index is 0.0106. The van der Waals surface area contributed by atoms with Gasteiger partial charge in [0.15, 0.2) is 4.75 Å². The summed E-state index contributed by atoms with van der Waals surface area (Å²) >= 11 is 0. The zero-order valence-electron chi connectivity index (χ0n) is 16.0. The largest absolute Gasteiger partial charge is 0.381 e. The summed E-state index contributed by atoms with van der Waals surface area (Å²) in [5.41, 5.74) is 1.54. The van der Waals surface area contributed by atoms with E-state index in [0.29, 0.717) is 39.1 Å². The van der Waals surface area contributed by atoms with Crippen molar-refractivity contribution in [1.82, 2.24) is 9.79 Å². The molecule has 2 rings (SSSR count). The highest BCUT2D eigenvalue weighted by Crippen LogP contribution is 2.34. The number of hydrogen-bond donors (Lipinski definition) is 2. The van der Waals surface area contributed by atoms with E-state index in [1.165, 1.54) is 9.79 Å². The number of nitrogens with zero attached hydrogens (tertiary/aromatic N) is 1. The maximum atomic E-state index is 13.2. The lowest BCUT2D eigenvalue weighted by molar-refractivity contribution is -0.134. The molecule has 0 aromatic carbocycles. The molecule has 2 aliphatic heterocycles. The Morgan fingerprint density at radius 3 is 2.48 bits per heavy atom. The summed E-state index contributed by atoms with van der Waals surface area (Å²) in [6.07, 6.45) is 3.33. The van der Waals surface area contributed by atoms with Crippen LogP contribution >= 0.6 is 0 Å². The van der Waals surface area contributed by atoms with E-state index < -0.39 is 20.7 Å². The number of piperidine rings is 1. The minimum atomic E-state index is -3.92. The monoisotopic (exact) mass is 408 g/mol. The summed E-state index contributed by atoms with van der Waals surface area (Å²) in [7, 11) is -3.92. The van der Waals surface area contributed by atoms with Gasteiger partial charge in [0.1, 0.15) is 0 Å². The predicted octanol–water partition coefficient (Wildman–Crippen LogP) is 0.669. The van der Waals surface area contributed by atoms with E-state index in [-0.39, 0.29) is 32.2 Å². The predicted molar refractivity (Wildman–Crippen MR) is 97.9 cm³/mol. The fourth-order valence-electron chi connectivity index (χ4n) is 3.51. The second-order valence-corrected chi connectivity index (χ2v) is 9.24. The van der Waals surface area contributed by atoms with E-state index >= 15 is 0 Å². The second-order valence-electron chi connectivity index (χ2n) is 6.99. The van der Waals surface area contributed by atoms with E-state index in [1.807, 2.05) is 0 Å². The van der Waals surface area contributed by atoms with E-state index in [4.69, 9.17) is 19.4 Å². The van der Waals surface area contributed by atoms with Crippen molar-refractivity contribution in [3.63, 3.8) is 0 Å². The number of rotatable bonds is 10. The maximum Gasteiger partial charge on any atom is 0.266 e. The number of hydrogen-bond acceptors (Lipinski definition) is 7. The van der Waals surface area contributed by atoms with E-state index in [1.54, 1.807) is 0 Å². The lowest BCUT2D eigenvalue weighted by Crippen LogP contribution is -2.60. The van der Waals surface area contributed by atoms with Crippen molar-refractivity contribution in [2.45, 2.75) is 56.3 Å². The van der Waals surface area contributed by atoms with Gasteiger partial charge in [-0.25, -0.2) is 18.2 Å². The second kappa shape index (κ2) is 10.7. The van der Waals surface area contributed by atoms with Crippen molar-refractivity contribution in [1.29, 1.82) is 0 Å². The maximum absolute atomic E-state index is 13.2. The molecule has 158 valence electrons. The Morgan fingerprint density at radius 1 is 1.22 bits per heavy atom. The molecule has 0 saturated carbocycles. The van der Waals surface area contributed by atoms with Crippen LogP contribution in [0.5, 0.6) is 0 Å². The molecule has 9 nitrogen and oxygen atoms in total. The average Bonchev–Trinajstić information content (AvgIpc) is 2.70. The number of nitrogens with one attached hydrogen (secondary N) is 1. The van der Waals surface area contributed by atoms with Crippen LogP contribution in [0, 0.1) is 0 Å². The molecule has 0 spiro atoms. The van der Waals surface area contributed by atoms with E-state index in [2.05, 4.69) is 6.92 Å². The number of hydroxylamine groups is 1. The van der Waals surface area contributed by atoms with Crippen molar-refractivity contribution >= 4 is 15.9 Å². The van der Waals surface area contributed by atoms with Crippen LogP contribution in [0.2, 0.25) is 0 Å². The summed E-state index contributed by atoms with van der Waals surface area (Å²) in [5, 5.41) is 9.08. The lowest BCUT2D eigenvalue weighted by atomic mass is 9.98. The average molecular weight is 409 g/mol. The molecule has 1 amide bonds. The summed E-state index contributed by atoms with van der Waals surface area (Å²) in [5.74, 6) is -0.881. The Labute approximate surface area is 161 Å². The standard InChI is InChI=1S/C17H32N2O7S/c1-2-3-10-24-13-14-26-15-4-8-19(9-5-15)27(22,23)17(16(20)18-21)6-11-25-12-7-17/h15,21H,2-14H2,1H3,(H,18,20). The number of unbranched alkanes of at least 4 members (excludes halogenated alkanes) is 1. The first-order valence-corrected chi connectivity index (χ1v) is 11.1. The van der Waals surface area contributed by atoms with Gasteiger partial charge in [0, 0.05) is 45.8 Å². The van der Waals surface area contributed by atoms with Gasteiger partial charge in [-0.3, -0.25) is 10.0 Å². The fourth-order valence-corrected chi connectivity index (χ4v) is 5.66. The van der Waals surface area contributed by atoms with Crippen LogP contribution in [0.3, 0.4) is 0 Å². The van der Waals surface area contributed by atoms with Gasteiger partial charge in [-0.05, 0) is 19.3 Å². The fraction of sp³-hybridized carbons (Fsp3) is 0.941. The molecule has 0 radical (unpaired) electrons. The van der Waals surface area contributed by atoms with Gasteiger partial charge in [-0.15, -0.1) is 0 Å². The molecule has 0 bridgehead atoms. The smallest absolute Gasteiger partial charge is 0.266 e. The van der Waals surface area contributed by atoms with E-state index in [9.17, 15) is 13.2 Å². The summed E-state index contributed by atoms with van der Waals surface area (Å²) in [6.45, 7) is 4.81. The Bertz CT molecular complexity index is 556. The molecule has 2 saturated heterocycles. The Morgan fingerprint density at radius 2 is 1.89 bits per heavy atom. The van der Waals surface area contributed by atoms with Gasteiger partial charge in [-0.1, -0.05) is 13.3 Å². The summed E-state index contributed by atoms with van der Waals surface area (Å²) < 4.78 is 42.5. The molecule has 2 heterocycles. The molecule has 2 aliphatic rings. The van der Waals surface area contributed by atoms with Crippen molar-refractivity contribution in [3.8, 4) is 0 Å². The van der Waals surface area contributed by atoms with Gasteiger partial charge in [-0.2, -0.15) is 0 Å². The van der Waals surface area contributed by atoms with Crippen LogP contribution in [0.25, 0.3) is 0 Å². The number of carbonyl (C=O) groups excluding carboxylic acids is 1. The summed E-state index contributed by atoms with van der Waals surface area (Å²) in [6, 6.07) is 0. The van der Waals surface area contributed by atoms with Crippen LogP contribution in [-0.2, 0) is 29.0 Å². The third-order valence-electron chi connectivity index (χ3n) is 5.27. The van der Waals surface area contributed by atoms with Crippen LogP contribution in [0.1, 0.15) is 45.4 Å². The number of ether oxygens (including phenoxy) is 3. The van der Waals surface area contributed by atoms with Crippen LogP contribution in [0.15, 0.2) is 0 Å². The Hall–Kier alpha value is -0.780. The molecule has 0 aromatic rings. The third-order valence-corrected chi connectivity index (χ3v) is 7.90. The first-order chi connectivity index (χ1) is 13.0. The van der Waals surface area contributed by atoms with Crippen LogP contribution in [-0.4, -0.2) is 80.8 Å². The molecule has 27 heavy (non-hydrogen) atoms. The molecular formula is C17H32N2O7S. The zero-order chi connectivity index (χ0) is 19.8. The molecule has 2 N–H and O–H groups in total. The Kier molecular flexibility index (Phi) is 8.90. The SMILES string of the molecule is CCCCOCCOC1CCN(S(=O)(=O)C2(C(=O)NO)CCOCC2)CC1. The highest BCUT2D eigenvalue weighted by Gasteiger charge is 2.54. The molecule has 2 fully saturated rings. The van der Waals surface area contributed by atoms with Gasteiger partial charge < -0.3 is 14.2 Å². The van der Waals surface area contributed by atoms with Gasteiger partial charge in [0.25, 0.3) is 5.91 Å². The molecule has 0 unspecified atom stereocenters. The van der Waals surface area contributed by atoms with Crippen molar-refractivity contribution < 1.29 is 32.6 Å². The Balaban J connectivity index is 1.87. The number of sulfonamides is 1. The quantitative estimate of drug-likeness (QED) is 0.310. The molecular weight excluding hydrogens is 376 g/mol. The van der Waals surface area contributed by atoms with Crippen LogP contribution < -0.4 is 5.48 Å². The van der Waals surface area contributed by atoms with Gasteiger partial charge in [0.05, 0.1) is 19.3 Å². The summed E-state index contributed by atoms with van der Waals surface area (Å²) in [4.78, 5) is 12.2. The molecule has 0 aromatic heterocycles. The number of amides is 1.